The molecule has 12 heteroatoms. The summed E-state index contributed by atoms with van der Waals surface area (Å²) in [7, 11) is 1.71. The second kappa shape index (κ2) is 9.77. The number of aryl methyl sites for hydroxylation is 1. The van der Waals surface area contributed by atoms with Gasteiger partial charge >= 0.3 is 5.92 Å². The highest BCUT2D eigenvalue weighted by Crippen LogP contribution is 2.41. The monoisotopic (exact) mass is 524 g/mol. The van der Waals surface area contributed by atoms with Gasteiger partial charge in [-0.15, -0.1) is 10.2 Å². The van der Waals surface area contributed by atoms with Crippen LogP contribution in [-0.4, -0.2) is 44.3 Å². The number of nitrogens with one attached hydrogen (secondary N) is 3. The molecule has 8 nitrogen and oxygen atoms in total. The first-order valence-corrected chi connectivity index (χ1v) is 11.7. The van der Waals surface area contributed by atoms with Crippen molar-refractivity contribution in [2.24, 2.45) is 0 Å². The molecule has 0 bridgehead atoms. The molecule has 1 aliphatic heterocycles. The molecule has 4 aromatic rings. The fraction of sp³-hybridized carbons (Fsp3) is 0.231. The zero-order chi connectivity index (χ0) is 27.0. The van der Waals surface area contributed by atoms with Gasteiger partial charge in [-0.2, -0.15) is 8.78 Å². The molecule has 0 fully saturated rings. The van der Waals surface area contributed by atoms with E-state index in [2.05, 4.69) is 25.8 Å². The van der Waals surface area contributed by atoms with E-state index in [1.165, 1.54) is 0 Å². The van der Waals surface area contributed by atoms with E-state index in [0.717, 1.165) is 51.7 Å². The summed E-state index contributed by atoms with van der Waals surface area (Å²) < 4.78 is 61.4. The van der Waals surface area contributed by atoms with Gasteiger partial charge in [-0.25, -0.2) is 13.8 Å². The van der Waals surface area contributed by atoms with E-state index in [9.17, 15) is 8.78 Å². The summed E-state index contributed by atoms with van der Waals surface area (Å²) in [6, 6.07) is 6.54. The number of benzene rings is 1. The lowest BCUT2D eigenvalue weighted by Gasteiger charge is -2.28. The number of hydrogen-bond acceptors (Lipinski definition) is 6. The number of fused-ring (bicyclic) bond motifs is 3. The van der Waals surface area contributed by atoms with Crippen molar-refractivity contribution in [3.63, 3.8) is 0 Å². The van der Waals surface area contributed by atoms with Crippen molar-refractivity contribution >= 4 is 12.0 Å². The van der Waals surface area contributed by atoms with Crippen LogP contribution in [0.4, 0.5) is 23.4 Å². The van der Waals surface area contributed by atoms with Gasteiger partial charge in [-0.05, 0) is 60.5 Å². The second-order valence-corrected chi connectivity index (χ2v) is 8.88. The second-order valence-electron chi connectivity index (χ2n) is 8.88. The van der Waals surface area contributed by atoms with Crippen LogP contribution in [0.5, 0.6) is 0 Å². The standard InChI is InChI=1S/C26H24F4N8/c1-15-12-33-23(34-22(32-2)7-8-31)10-20(15)16-9-21-24-35-36-25(38(24)19(11-27)14-37(21)13-16)26(29,30)17-3-5-18(28)6-4-17/h3-10,12-13,19,31-32H,11,14H2,1-2H3,(H,33,34)/b22-7+,31-8?/t19-/m0/s1. The largest absolute Gasteiger partial charge is 0.375 e. The highest BCUT2D eigenvalue weighted by atomic mass is 19.3. The molecule has 196 valence electrons. The fourth-order valence-electron chi connectivity index (χ4n) is 4.55. The first-order valence-electron chi connectivity index (χ1n) is 11.7. The van der Waals surface area contributed by atoms with Crippen LogP contribution in [0.2, 0.25) is 0 Å². The third-order valence-corrected chi connectivity index (χ3v) is 6.46. The van der Waals surface area contributed by atoms with Gasteiger partial charge in [0.25, 0.3) is 0 Å². The molecule has 1 aliphatic rings. The van der Waals surface area contributed by atoms with Crippen LogP contribution in [0.3, 0.4) is 0 Å². The maximum atomic E-state index is 15.5. The normalized spacial score (nSPS) is 15.1. The van der Waals surface area contributed by atoms with E-state index in [1.807, 2.05) is 19.2 Å². The predicted molar refractivity (Wildman–Crippen MR) is 135 cm³/mol. The molecule has 1 atom stereocenters. The lowest BCUT2D eigenvalue weighted by atomic mass is 10.0. The van der Waals surface area contributed by atoms with E-state index in [0.29, 0.717) is 17.3 Å². The summed E-state index contributed by atoms with van der Waals surface area (Å²) in [6.45, 7) is 1.09. The Labute approximate surface area is 215 Å². The molecule has 3 N–H and O–H groups in total. The summed E-state index contributed by atoms with van der Waals surface area (Å²) in [4.78, 5) is 4.39. The van der Waals surface area contributed by atoms with E-state index in [-0.39, 0.29) is 12.4 Å². The fourth-order valence-corrected chi connectivity index (χ4v) is 4.55. The van der Waals surface area contributed by atoms with Crippen LogP contribution < -0.4 is 10.6 Å². The van der Waals surface area contributed by atoms with E-state index < -0.39 is 35.8 Å². The van der Waals surface area contributed by atoms with Crippen LogP contribution in [-0.2, 0) is 12.5 Å². The maximum Gasteiger partial charge on any atom is 0.332 e. The number of hydrogen-bond donors (Lipinski definition) is 3. The Bertz CT molecular complexity index is 1520. The molecule has 0 radical (unpaired) electrons. The Kier molecular flexibility index (Phi) is 6.47. The number of rotatable bonds is 8. The molecular weight excluding hydrogens is 500 g/mol. The molecule has 3 aromatic heterocycles. The van der Waals surface area contributed by atoms with Crippen molar-refractivity contribution in [3.05, 3.63) is 83.5 Å². The van der Waals surface area contributed by atoms with Gasteiger partial charge in [0.1, 0.15) is 24.1 Å². The van der Waals surface area contributed by atoms with Gasteiger partial charge in [0.15, 0.2) is 5.82 Å². The Hall–Kier alpha value is -4.48. The van der Waals surface area contributed by atoms with Crippen LogP contribution in [0, 0.1) is 18.2 Å². The lowest BCUT2D eigenvalue weighted by Crippen LogP contribution is -2.30. The molecular formula is C26H24F4N8. The van der Waals surface area contributed by atoms with Crippen molar-refractivity contribution < 1.29 is 17.6 Å². The molecule has 0 saturated carbocycles. The molecule has 1 aromatic carbocycles. The van der Waals surface area contributed by atoms with Crippen LogP contribution in [0.15, 0.2) is 60.7 Å². The number of allylic oxidation sites excluding steroid dienone is 1. The van der Waals surface area contributed by atoms with Gasteiger partial charge in [0.2, 0.25) is 5.82 Å². The Morgan fingerprint density at radius 3 is 2.66 bits per heavy atom. The third-order valence-electron chi connectivity index (χ3n) is 6.46. The van der Waals surface area contributed by atoms with Crippen LogP contribution >= 0.6 is 0 Å². The van der Waals surface area contributed by atoms with E-state index in [1.54, 1.807) is 30.0 Å². The molecule has 4 heterocycles. The molecule has 0 amide bonds. The summed E-state index contributed by atoms with van der Waals surface area (Å²) in [5, 5.41) is 21.1. The zero-order valence-corrected chi connectivity index (χ0v) is 20.5. The summed E-state index contributed by atoms with van der Waals surface area (Å²) in [5.41, 5.74) is 2.52. The van der Waals surface area contributed by atoms with Crippen LogP contribution in [0.25, 0.3) is 22.6 Å². The highest BCUT2D eigenvalue weighted by Gasteiger charge is 2.43. The molecule has 0 aliphatic carbocycles. The van der Waals surface area contributed by atoms with Gasteiger partial charge in [0.05, 0.1) is 11.7 Å². The molecule has 0 spiro atoms. The minimum Gasteiger partial charge on any atom is -0.375 e. The van der Waals surface area contributed by atoms with Crippen molar-refractivity contribution in [1.29, 1.82) is 5.41 Å². The van der Waals surface area contributed by atoms with Crippen molar-refractivity contribution in [2.75, 3.05) is 19.0 Å². The lowest BCUT2D eigenvalue weighted by molar-refractivity contribution is 0.0257. The SMILES string of the molecule is CN/C(=C\C=N)Nc1cc(-c2cc3n(c2)C[C@H](CF)n2c-3nnc2C(F)(F)c2ccc(F)cc2)c(C)cn1. The Morgan fingerprint density at radius 2 is 1.97 bits per heavy atom. The molecule has 5 rings (SSSR count). The number of halogens is 4. The van der Waals surface area contributed by atoms with Gasteiger partial charge < -0.3 is 20.6 Å². The topological polar surface area (TPSA) is 96.4 Å². The maximum absolute atomic E-state index is 15.5. The summed E-state index contributed by atoms with van der Waals surface area (Å²) in [5.74, 6) is -3.72. The number of nitrogens with zero attached hydrogens (tertiary/aromatic N) is 5. The minimum absolute atomic E-state index is 0.102. The predicted octanol–water partition coefficient (Wildman–Crippen LogP) is 5.04. The van der Waals surface area contributed by atoms with Crippen LogP contribution in [0.1, 0.15) is 23.0 Å². The quantitative estimate of drug-likeness (QED) is 0.222. The summed E-state index contributed by atoms with van der Waals surface area (Å²) >= 11 is 0. The summed E-state index contributed by atoms with van der Waals surface area (Å²) in [6.07, 6.45) is 6.20. The van der Waals surface area contributed by atoms with Crippen molar-refractivity contribution in [2.45, 2.75) is 25.4 Å². The first-order chi connectivity index (χ1) is 18.3. The van der Waals surface area contributed by atoms with Gasteiger partial charge in [-0.3, -0.25) is 4.57 Å². The highest BCUT2D eigenvalue weighted by molar-refractivity contribution is 5.75. The number of alkyl halides is 3. The molecule has 0 unspecified atom stereocenters. The van der Waals surface area contributed by atoms with Gasteiger partial charge in [0, 0.05) is 43.3 Å². The first kappa shape index (κ1) is 25.2. The Morgan fingerprint density at radius 1 is 1.21 bits per heavy atom. The number of pyridine rings is 1. The average Bonchev–Trinajstić information content (AvgIpc) is 3.54. The number of anilines is 1. The number of aromatic nitrogens is 5. The van der Waals surface area contributed by atoms with Crippen molar-refractivity contribution in [3.8, 4) is 22.6 Å². The van der Waals surface area contributed by atoms with E-state index >= 15 is 8.78 Å². The smallest absolute Gasteiger partial charge is 0.332 e. The van der Waals surface area contributed by atoms with Crippen molar-refractivity contribution in [1.82, 2.24) is 29.6 Å². The molecule has 38 heavy (non-hydrogen) atoms. The minimum atomic E-state index is -3.61. The molecule has 0 saturated heterocycles. The van der Waals surface area contributed by atoms with Gasteiger partial charge in [-0.1, -0.05) is 0 Å². The zero-order valence-electron chi connectivity index (χ0n) is 20.5. The third kappa shape index (κ3) is 4.31. The van der Waals surface area contributed by atoms with E-state index in [4.69, 9.17) is 5.41 Å². The average molecular weight is 525 g/mol. The Balaban J connectivity index is 1.56.